The molecule has 2 aromatic rings. The third-order valence-electron chi connectivity index (χ3n) is 5.67. The summed E-state index contributed by atoms with van der Waals surface area (Å²) in [5.41, 5.74) is -0.615. The van der Waals surface area contributed by atoms with E-state index in [2.05, 4.69) is 20.8 Å². The molecule has 0 unspecified atom stereocenters. The fraction of sp³-hybridized carbons (Fsp3) is 0.526. The molecule has 0 spiro atoms. The average Bonchev–Trinajstić information content (AvgIpc) is 3.29. The number of carbonyl (C=O) groups excluding carboxylic acids is 3. The van der Waals surface area contributed by atoms with E-state index in [9.17, 15) is 27.6 Å². The number of hydrogen-bond donors (Lipinski definition) is 2. The molecule has 0 saturated carbocycles. The maximum Gasteiger partial charge on any atom is 0.435 e. The summed E-state index contributed by atoms with van der Waals surface area (Å²) in [5, 5.41) is 12.7. The second-order valence-electron chi connectivity index (χ2n) is 7.79. The van der Waals surface area contributed by atoms with Gasteiger partial charge in [-0.1, -0.05) is 0 Å². The predicted octanol–water partition coefficient (Wildman–Crippen LogP) is 1.06. The standard InChI is InChI=1S/C19H22F3N7O3/c1-23-17(31)14-13(15-18(32)27(2)7-8-28(15)25-14)24-12(30)9-29-11-6-4-3-5-10(11)16(26-29)19(20,21)22/h3-9H2,1-2H3,(H,23,31)(H,24,30). The van der Waals surface area contributed by atoms with Crippen LogP contribution in [0.5, 0.6) is 0 Å². The molecular formula is C19H22F3N7O3. The van der Waals surface area contributed by atoms with E-state index < -0.39 is 36.1 Å². The van der Waals surface area contributed by atoms with Crippen molar-refractivity contribution < 1.29 is 27.6 Å². The van der Waals surface area contributed by atoms with Crippen LogP contribution in [0.4, 0.5) is 18.9 Å². The smallest absolute Gasteiger partial charge is 0.354 e. The lowest BCUT2D eigenvalue weighted by atomic mass is 9.95. The Bertz CT molecular complexity index is 1100. The Morgan fingerprint density at radius 1 is 1.12 bits per heavy atom. The first-order valence-corrected chi connectivity index (χ1v) is 10.2. The summed E-state index contributed by atoms with van der Waals surface area (Å²) in [6.45, 7) is 0.229. The molecule has 0 atom stereocenters. The summed E-state index contributed by atoms with van der Waals surface area (Å²) < 4.78 is 42.6. The largest absolute Gasteiger partial charge is 0.435 e. The summed E-state index contributed by atoms with van der Waals surface area (Å²) in [6, 6.07) is 0. The zero-order valence-corrected chi connectivity index (χ0v) is 17.5. The summed E-state index contributed by atoms with van der Waals surface area (Å²) >= 11 is 0. The van der Waals surface area contributed by atoms with Gasteiger partial charge in [0, 0.05) is 31.9 Å². The van der Waals surface area contributed by atoms with Gasteiger partial charge >= 0.3 is 6.18 Å². The number of hydrogen-bond acceptors (Lipinski definition) is 5. The van der Waals surface area contributed by atoms with Crippen molar-refractivity contribution in [3.05, 3.63) is 28.3 Å². The molecule has 0 aromatic carbocycles. The number of anilines is 1. The van der Waals surface area contributed by atoms with Crippen molar-refractivity contribution >= 4 is 23.4 Å². The highest BCUT2D eigenvalue weighted by Crippen LogP contribution is 2.36. The van der Waals surface area contributed by atoms with Crippen LogP contribution < -0.4 is 10.6 Å². The molecule has 0 bridgehead atoms. The fourth-order valence-electron chi connectivity index (χ4n) is 4.11. The molecule has 32 heavy (non-hydrogen) atoms. The lowest BCUT2D eigenvalue weighted by molar-refractivity contribution is -0.142. The van der Waals surface area contributed by atoms with Gasteiger partial charge in [0.1, 0.15) is 12.2 Å². The van der Waals surface area contributed by atoms with Gasteiger partial charge in [0.25, 0.3) is 11.8 Å². The predicted molar refractivity (Wildman–Crippen MR) is 105 cm³/mol. The fourth-order valence-corrected chi connectivity index (χ4v) is 4.11. The van der Waals surface area contributed by atoms with Crippen LogP contribution in [0, 0.1) is 0 Å². The van der Waals surface area contributed by atoms with E-state index in [4.69, 9.17) is 0 Å². The Morgan fingerprint density at radius 2 is 1.84 bits per heavy atom. The van der Waals surface area contributed by atoms with Crippen LogP contribution in [0.2, 0.25) is 0 Å². The molecule has 1 aliphatic carbocycles. The molecule has 2 aliphatic rings. The van der Waals surface area contributed by atoms with E-state index in [1.165, 1.54) is 16.6 Å². The number of nitrogens with zero attached hydrogens (tertiary/aromatic N) is 5. The van der Waals surface area contributed by atoms with E-state index in [0.29, 0.717) is 38.0 Å². The Hall–Kier alpha value is -3.38. The molecule has 0 saturated heterocycles. The first kappa shape index (κ1) is 21.8. The van der Waals surface area contributed by atoms with Crippen molar-refractivity contribution in [2.75, 3.05) is 26.0 Å². The molecule has 0 radical (unpaired) electrons. The van der Waals surface area contributed by atoms with Crippen LogP contribution in [0.25, 0.3) is 0 Å². The Kier molecular flexibility index (Phi) is 5.42. The first-order chi connectivity index (χ1) is 15.1. The number of amides is 3. The summed E-state index contributed by atoms with van der Waals surface area (Å²) in [6.07, 6.45) is -2.64. The van der Waals surface area contributed by atoms with Crippen molar-refractivity contribution in [3.8, 4) is 0 Å². The summed E-state index contributed by atoms with van der Waals surface area (Å²) in [7, 11) is 2.97. The maximum absolute atomic E-state index is 13.4. The van der Waals surface area contributed by atoms with Crippen LogP contribution in [0.1, 0.15) is 50.8 Å². The van der Waals surface area contributed by atoms with Gasteiger partial charge in [-0.05, 0) is 25.7 Å². The lowest BCUT2D eigenvalue weighted by Crippen LogP contribution is -2.38. The molecule has 13 heteroatoms. The van der Waals surface area contributed by atoms with Crippen molar-refractivity contribution in [2.45, 2.75) is 44.9 Å². The highest BCUT2D eigenvalue weighted by molar-refractivity contribution is 6.10. The van der Waals surface area contributed by atoms with E-state index in [0.717, 1.165) is 4.68 Å². The molecule has 1 aliphatic heterocycles. The molecule has 4 rings (SSSR count). The topological polar surface area (TPSA) is 114 Å². The first-order valence-electron chi connectivity index (χ1n) is 10.2. The monoisotopic (exact) mass is 453 g/mol. The number of fused-ring (bicyclic) bond motifs is 2. The zero-order valence-electron chi connectivity index (χ0n) is 17.5. The SMILES string of the molecule is CNC(=O)c1nn2c(c1NC(=O)Cn1nc(C(F)(F)F)c3c1CCCC3)C(=O)N(C)CC2. The van der Waals surface area contributed by atoms with Gasteiger partial charge < -0.3 is 15.5 Å². The molecule has 10 nitrogen and oxygen atoms in total. The van der Waals surface area contributed by atoms with Gasteiger partial charge in [-0.25, -0.2) is 0 Å². The molecular weight excluding hydrogens is 431 g/mol. The van der Waals surface area contributed by atoms with Gasteiger partial charge in [-0.15, -0.1) is 0 Å². The van der Waals surface area contributed by atoms with Crippen molar-refractivity contribution in [2.24, 2.45) is 0 Å². The number of nitrogens with one attached hydrogen (secondary N) is 2. The Balaban J connectivity index is 1.66. The number of alkyl halides is 3. The van der Waals surface area contributed by atoms with E-state index in [1.807, 2.05) is 0 Å². The van der Waals surface area contributed by atoms with Crippen LogP contribution in [-0.4, -0.2) is 62.8 Å². The number of carbonyl (C=O) groups is 3. The van der Waals surface area contributed by atoms with Crippen molar-refractivity contribution in [1.29, 1.82) is 0 Å². The molecule has 2 N–H and O–H groups in total. The highest BCUT2D eigenvalue weighted by atomic mass is 19.4. The minimum absolute atomic E-state index is 0.0455. The van der Waals surface area contributed by atoms with Gasteiger partial charge in [0.2, 0.25) is 5.91 Å². The quantitative estimate of drug-likeness (QED) is 0.719. The lowest BCUT2D eigenvalue weighted by Gasteiger charge is -2.24. The van der Waals surface area contributed by atoms with Crippen LogP contribution in [0.15, 0.2) is 0 Å². The van der Waals surface area contributed by atoms with Crippen LogP contribution in [-0.2, 0) is 36.9 Å². The van der Waals surface area contributed by atoms with Crippen LogP contribution in [0.3, 0.4) is 0 Å². The van der Waals surface area contributed by atoms with E-state index >= 15 is 0 Å². The van der Waals surface area contributed by atoms with Crippen LogP contribution >= 0.6 is 0 Å². The molecule has 172 valence electrons. The normalized spacial score (nSPS) is 15.9. The Labute approximate surface area is 180 Å². The second-order valence-corrected chi connectivity index (χ2v) is 7.79. The van der Waals surface area contributed by atoms with Gasteiger partial charge in [0.05, 0.1) is 6.54 Å². The molecule has 0 fully saturated rings. The Morgan fingerprint density at radius 3 is 2.53 bits per heavy atom. The minimum atomic E-state index is -4.61. The molecule has 3 heterocycles. The van der Waals surface area contributed by atoms with E-state index in [-0.39, 0.29) is 29.1 Å². The average molecular weight is 453 g/mol. The van der Waals surface area contributed by atoms with Gasteiger partial charge in [-0.3, -0.25) is 23.7 Å². The number of likely N-dealkylation sites (N-methyl/N-ethyl adjacent to an activating group) is 1. The second kappa shape index (κ2) is 7.95. The maximum atomic E-state index is 13.4. The number of halogens is 3. The number of aromatic nitrogens is 4. The number of rotatable bonds is 4. The minimum Gasteiger partial charge on any atom is -0.354 e. The van der Waals surface area contributed by atoms with E-state index in [1.54, 1.807) is 7.05 Å². The molecule has 2 aromatic heterocycles. The summed E-state index contributed by atoms with van der Waals surface area (Å²) in [5.74, 6) is -1.74. The third-order valence-corrected chi connectivity index (χ3v) is 5.67. The summed E-state index contributed by atoms with van der Waals surface area (Å²) in [4.78, 5) is 39.2. The third kappa shape index (κ3) is 3.71. The zero-order chi connectivity index (χ0) is 23.2. The molecule has 3 amide bonds. The van der Waals surface area contributed by atoms with Gasteiger partial charge in [0.15, 0.2) is 17.1 Å². The van der Waals surface area contributed by atoms with Gasteiger partial charge in [-0.2, -0.15) is 23.4 Å². The van der Waals surface area contributed by atoms with Crippen molar-refractivity contribution in [1.82, 2.24) is 29.8 Å². The van der Waals surface area contributed by atoms with Crippen molar-refractivity contribution in [3.63, 3.8) is 0 Å². The highest BCUT2D eigenvalue weighted by Gasteiger charge is 2.40.